The first-order valence-corrected chi connectivity index (χ1v) is 7.64. The van der Waals surface area contributed by atoms with Gasteiger partial charge in [-0.25, -0.2) is 0 Å². The van der Waals surface area contributed by atoms with Gasteiger partial charge in [-0.2, -0.15) is 0 Å². The lowest BCUT2D eigenvalue weighted by Crippen LogP contribution is -2.31. The Bertz CT molecular complexity index is 704. The van der Waals surface area contributed by atoms with Crippen molar-refractivity contribution in [1.29, 1.82) is 0 Å². The number of amides is 1. The van der Waals surface area contributed by atoms with Crippen LogP contribution in [0, 0.1) is 0 Å². The number of hydrogen-bond acceptors (Lipinski definition) is 3. The molecular weight excluding hydrogens is 337 g/mol. The summed E-state index contributed by atoms with van der Waals surface area (Å²) in [6.45, 7) is -0.324. The van der Waals surface area contributed by atoms with Gasteiger partial charge in [-0.1, -0.05) is 47.5 Å². The topological polar surface area (TPSA) is 46.6 Å². The number of halogens is 2. The van der Waals surface area contributed by atoms with Crippen molar-refractivity contribution in [3.05, 3.63) is 64.1 Å². The summed E-state index contributed by atoms with van der Waals surface area (Å²) in [6, 6.07) is 14.0. The lowest BCUT2D eigenvalue weighted by atomic mass is 10.1. The molecule has 0 spiro atoms. The molecule has 0 bridgehead atoms. The van der Waals surface area contributed by atoms with Gasteiger partial charge < -0.3 is 9.64 Å². The molecule has 2 aromatic carbocycles. The predicted molar refractivity (Wildman–Crippen MR) is 91.0 cm³/mol. The highest BCUT2D eigenvalue weighted by Crippen LogP contribution is 2.21. The second-order valence-electron chi connectivity index (χ2n) is 4.86. The fourth-order valence-corrected chi connectivity index (χ4v) is 2.38. The molecule has 0 unspecified atom stereocenters. The summed E-state index contributed by atoms with van der Waals surface area (Å²) in [5.41, 5.74) is 1.33. The molecule has 0 aliphatic carbocycles. The Hall–Kier alpha value is -2.04. The van der Waals surface area contributed by atoms with Crippen molar-refractivity contribution in [2.24, 2.45) is 0 Å². The van der Waals surface area contributed by atoms with Crippen molar-refractivity contribution < 1.29 is 14.3 Å². The molecular formula is C17H15Cl2NO3. The van der Waals surface area contributed by atoms with E-state index < -0.39 is 5.97 Å². The van der Waals surface area contributed by atoms with Crippen LogP contribution in [0.3, 0.4) is 0 Å². The van der Waals surface area contributed by atoms with Crippen molar-refractivity contribution in [3.8, 4) is 0 Å². The van der Waals surface area contributed by atoms with E-state index in [1.165, 1.54) is 4.90 Å². The Labute approximate surface area is 144 Å². The van der Waals surface area contributed by atoms with Crippen molar-refractivity contribution >= 4 is 40.8 Å². The van der Waals surface area contributed by atoms with Crippen LogP contribution in [0.2, 0.25) is 10.0 Å². The molecule has 0 aliphatic heterocycles. The second kappa shape index (κ2) is 7.99. The molecule has 6 heteroatoms. The zero-order chi connectivity index (χ0) is 16.8. The lowest BCUT2D eigenvalue weighted by molar-refractivity contribution is -0.147. The summed E-state index contributed by atoms with van der Waals surface area (Å²) >= 11 is 11.8. The van der Waals surface area contributed by atoms with Crippen LogP contribution in [0.25, 0.3) is 0 Å². The van der Waals surface area contributed by atoms with Gasteiger partial charge in [0.1, 0.15) is 0 Å². The Morgan fingerprint density at radius 3 is 2.43 bits per heavy atom. The first-order valence-electron chi connectivity index (χ1n) is 6.88. The SMILES string of the molecule is CN(C(=O)COC(=O)Cc1ccc(Cl)cc1Cl)c1ccccc1. The van der Waals surface area contributed by atoms with E-state index in [1.54, 1.807) is 37.4 Å². The van der Waals surface area contributed by atoms with Crippen LogP contribution in [0.5, 0.6) is 0 Å². The molecule has 0 aromatic heterocycles. The van der Waals surface area contributed by atoms with Gasteiger partial charge in [0.15, 0.2) is 6.61 Å². The smallest absolute Gasteiger partial charge is 0.310 e. The maximum absolute atomic E-state index is 12.0. The summed E-state index contributed by atoms with van der Waals surface area (Å²) in [5.74, 6) is -0.837. The number of anilines is 1. The summed E-state index contributed by atoms with van der Waals surface area (Å²) in [4.78, 5) is 25.3. The van der Waals surface area contributed by atoms with E-state index >= 15 is 0 Å². The number of carbonyl (C=O) groups is 2. The molecule has 4 nitrogen and oxygen atoms in total. The average Bonchev–Trinajstić information content (AvgIpc) is 2.55. The van der Waals surface area contributed by atoms with Crippen LogP contribution in [0.4, 0.5) is 5.69 Å². The molecule has 1 amide bonds. The van der Waals surface area contributed by atoms with Gasteiger partial charge in [0.25, 0.3) is 5.91 Å². The molecule has 2 rings (SSSR count). The van der Waals surface area contributed by atoms with E-state index in [4.69, 9.17) is 27.9 Å². The van der Waals surface area contributed by atoms with Crippen molar-refractivity contribution in [2.75, 3.05) is 18.6 Å². The van der Waals surface area contributed by atoms with Crippen molar-refractivity contribution in [1.82, 2.24) is 0 Å². The predicted octanol–water partition coefficient (Wildman–Crippen LogP) is 3.74. The molecule has 23 heavy (non-hydrogen) atoms. The highest BCUT2D eigenvalue weighted by atomic mass is 35.5. The molecule has 0 heterocycles. The average molecular weight is 352 g/mol. The minimum Gasteiger partial charge on any atom is -0.455 e. The number of esters is 1. The molecule has 0 atom stereocenters. The molecule has 0 N–H and O–H groups in total. The van der Waals surface area contributed by atoms with E-state index in [0.717, 1.165) is 5.69 Å². The molecule has 2 aromatic rings. The third-order valence-electron chi connectivity index (χ3n) is 3.22. The monoisotopic (exact) mass is 351 g/mol. The fourth-order valence-electron chi connectivity index (χ4n) is 1.91. The zero-order valence-corrected chi connectivity index (χ0v) is 14.0. The number of nitrogens with zero attached hydrogens (tertiary/aromatic N) is 1. The number of rotatable bonds is 5. The maximum atomic E-state index is 12.0. The number of carbonyl (C=O) groups excluding carboxylic acids is 2. The van der Waals surface area contributed by atoms with Gasteiger partial charge in [-0.15, -0.1) is 0 Å². The van der Waals surface area contributed by atoms with Crippen LogP contribution < -0.4 is 4.90 Å². The molecule has 0 radical (unpaired) electrons. The minimum absolute atomic E-state index is 0.0155. The van der Waals surface area contributed by atoms with Crippen molar-refractivity contribution in [3.63, 3.8) is 0 Å². The van der Waals surface area contributed by atoms with Crippen molar-refractivity contribution in [2.45, 2.75) is 6.42 Å². The van der Waals surface area contributed by atoms with Crippen LogP contribution in [-0.4, -0.2) is 25.5 Å². The standard InChI is InChI=1S/C17H15Cl2NO3/c1-20(14-5-3-2-4-6-14)16(21)11-23-17(22)9-12-7-8-13(18)10-15(12)19/h2-8,10H,9,11H2,1H3. The zero-order valence-electron chi connectivity index (χ0n) is 12.5. The third-order valence-corrected chi connectivity index (χ3v) is 3.81. The first kappa shape index (κ1) is 17.3. The lowest BCUT2D eigenvalue weighted by Gasteiger charge is -2.17. The number of likely N-dealkylation sites (N-methyl/N-ethyl adjacent to an activating group) is 1. The van der Waals surface area contributed by atoms with Crippen LogP contribution in [0.15, 0.2) is 48.5 Å². The van der Waals surface area contributed by atoms with Gasteiger partial charge in [0.05, 0.1) is 6.42 Å². The minimum atomic E-state index is -0.524. The van der Waals surface area contributed by atoms with Gasteiger partial charge in [0.2, 0.25) is 0 Å². The summed E-state index contributed by atoms with van der Waals surface area (Å²) in [5, 5.41) is 0.883. The van der Waals surface area contributed by atoms with Gasteiger partial charge in [-0.05, 0) is 29.8 Å². The summed E-state index contributed by atoms with van der Waals surface area (Å²) in [7, 11) is 1.63. The number of ether oxygens (including phenoxy) is 1. The van der Waals surface area contributed by atoms with Gasteiger partial charge in [0, 0.05) is 22.8 Å². The van der Waals surface area contributed by atoms with E-state index in [1.807, 2.05) is 18.2 Å². The van der Waals surface area contributed by atoms with Crippen LogP contribution in [-0.2, 0) is 20.7 Å². The maximum Gasteiger partial charge on any atom is 0.310 e. The Morgan fingerprint density at radius 1 is 1.09 bits per heavy atom. The van der Waals surface area contributed by atoms with Gasteiger partial charge >= 0.3 is 5.97 Å². The van der Waals surface area contributed by atoms with Crippen LogP contribution >= 0.6 is 23.2 Å². The van der Waals surface area contributed by atoms with E-state index in [2.05, 4.69) is 0 Å². The van der Waals surface area contributed by atoms with Gasteiger partial charge in [-0.3, -0.25) is 9.59 Å². The number of para-hydroxylation sites is 1. The molecule has 0 saturated heterocycles. The molecule has 0 aliphatic rings. The Morgan fingerprint density at radius 2 is 1.78 bits per heavy atom. The molecule has 120 valence electrons. The third kappa shape index (κ3) is 4.98. The van der Waals surface area contributed by atoms with E-state index in [0.29, 0.717) is 15.6 Å². The number of hydrogen-bond donors (Lipinski definition) is 0. The van der Waals surface area contributed by atoms with E-state index in [9.17, 15) is 9.59 Å². The molecule has 0 fully saturated rings. The largest absolute Gasteiger partial charge is 0.455 e. The van der Waals surface area contributed by atoms with E-state index in [-0.39, 0.29) is 18.9 Å². The second-order valence-corrected chi connectivity index (χ2v) is 5.71. The highest BCUT2D eigenvalue weighted by Gasteiger charge is 2.14. The Kier molecular flexibility index (Phi) is 6.02. The normalized spacial score (nSPS) is 10.2. The van der Waals surface area contributed by atoms with Crippen LogP contribution in [0.1, 0.15) is 5.56 Å². The summed E-state index contributed by atoms with van der Waals surface area (Å²) < 4.78 is 5.01. The highest BCUT2D eigenvalue weighted by molar-refractivity contribution is 6.35. The Balaban J connectivity index is 1.87. The quantitative estimate of drug-likeness (QED) is 0.770. The molecule has 0 saturated carbocycles. The number of benzene rings is 2. The fraction of sp³-hybridized carbons (Fsp3) is 0.176. The first-order chi connectivity index (χ1) is 11.0. The summed E-state index contributed by atoms with van der Waals surface area (Å²) in [6.07, 6.45) is -0.0155.